The third-order valence-corrected chi connectivity index (χ3v) is 4.97. The number of carbonyl (C=O) groups is 5. The molecule has 1 fully saturated rings. The molecule has 1 saturated heterocycles. The van der Waals surface area contributed by atoms with E-state index in [9.17, 15) is 29.1 Å². The zero-order valence-electron chi connectivity index (χ0n) is 18.5. The Balaban J connectivity index is 1.78. The van der Waals surface area contributed by atoms with Crippen LogP contribution in [0.1, 0.15) is 24.8 Å². The number of nitrogens with one attached hydrogen (secondary N) is 3. The van der Waals surface area contributed by atoms with Crippen LogP contribution in [-0.2, 0) is 25.6 Å². The van der Waals surface area contributed by atoms with Crippen LogP contribution in [0.5, 0.6) is 0 Å². The third kappa shape index (κ3) is 8.41. The Morgan fingerprint density at radius 1 is 1.15 bits per heavy atom. The number of carboxylic acid groups (broad SMARTS) is 1. The van der Waals surface area contributed by atoms with E-state index in [1.165, 1.54) is 0 Å². The molecule has 8 N–H and O–H groups in total. The van der Waals surface area contributed by atoms with Crippen molar-refractivity contribution < 1.29 is 29.1 Å². The number of imide groups is 1. The Kier molecular flexibility index (Phi) is 9.80. The van der Waals surface area contributed by atoms with E-state index in [1.54, 1.807) is 0 Å². The van der Waals surface area contributed by atoms with Crippen molar-refractivity contribution in [3.63, 3.8) is 0 Å². The number of guanidine groups is 1. The number of carboxylic acids is 1. The van der Waals surface area contributed by atoms with Gasteiger partial charge in [0.15, 0.2) is 5.96 Å². The first kappa shape index (κ1) is 26.1. The van der Waals surface area contributed by atoms with Gasteiger partial charge in [-0.15, -0.1) is 0 Å². The first-order valence-electron chi connectivity index (χ1n) is 10.7. The molecular weight excluding hydrogens is 446 g/mol. The lowest BCUT2D eigenvalue weighted by molar-refractivity contribution is -0.142. The maximum absolute atomic E-state index is 12.4. The van der Waals surface area contributed by atoms with E-state index in [-0.39, 0.29) is 25.3 Å². The number of urea groups is 1. The molecule has 34 heavy (non-hydrogen) atoms. The predicted octanol–water partition coefficient (Wildman–Crippen LogP) is -1.72. The summed E-state index contributed by atoms with van der Waals surface area (Å²) in [7, 11) is 0. The topological polar surface area (TPSA) is 209 Å². The average molecular weight is 476 g/mol. The van der Waals surface area contributed by atoms with Gasteiger partial charge in [0.25, 0.3) is 5.91 Å². The Labute approximate surface area is 195 Å². The first-order chi connectivity index (χ1) is 16.2. The lowest BCUT2D eigenvalue weighted by Gasteiger charge is -2.17. The lowest BCUT2D eigenvalue weighted by atomic mass is 10.1. The monoisotopic (exact) mass is 475 g/mol. The summed E-state index contributed by atoms with van der Waals surface area (Å²) in [5, 5.41) is 16.5. The summed E-state index contributed by atoms with van der Waals surface area (Å²) in [5.41, 5.74) is 11.4. The molecule has 1 heterocycles. The SMILES string of the molecule is NC(N)=NCCC[C@@H]1NC(=O)N(CC(=O)NC[C@H](NC(=O)CCc2ccccc2)C(=O)O)C1=O. The molecule has 0 bridgehead atoms. The fourth-order valence-electron chi connectivity index (χ4n) is 3.21. The van der Waals surface area contributed by atoms with Crippen LogP contribution in [0.2, 0.25) is 0 Å². The van der Waals surface area contributed by atoms with Crippen molar-refractivity contribution in [2.75, 3.05) is 19.6 Å². The van der Waals surface area contributed by atoms with E-state index < -0.39 is 54.9 Å². The molecule has 0 unspecified atom stereocenters. The van der Waals surface area contributed by atoms with Crippen molar-refractivity contribution in [3.05, 3.63) is 35.9 Å². The van der Waals surface area contributed by atoms with Gasteiger partial charge in [-0.3, -0.25) is 24.3 Å². The molecule has 5 amide bonds. The average Bonchev–Trinajstić information content (AvgIpc) is 3.06. The normalized spacial score (nSPS) is 15.9. The number of nitrogens with zero attached hydrogens (tertiary/aromatic N) is 2. The Morgan fingerprint density at radius 2 is 1.85 bits per heavy atom. The lowest BCUT2D eigenvalue weighted by Crippen LogP contribution is -2.50. The summed E-state index contributed by atoms with van der Waals surface area (Å²) in [6.07, 6.45) is 1.24. The van der Waals surface area contributed by atoms with E-state index in [1.807, 2.05) is 30.3 Å². The third-order valence-electron chi connectivity index (χ3n) is 4.97. The van der Waals surface area contributed by atoms with Crippen molar-refractivity contribution in [1.29, 1.82) is 0 Å². The van der Waals surface area contributed by atoms with Crippen molar-refractivity contribution in [3.8, 4) is 0 Å². The highest BCUT2D eigenvalue weighted by atomic mass is 16.4. The fourth-order valence-corrected chi connectivity index (χ4v) is 3.21. The largest absolute Gasteiger partial charge is 0.480 e. The predicted molar refractivity (Wildman–Crippen MR) is 121 cm³/mol. The summed E-state index contributed by atoms with van der Waals surface area (Å²) in [6.45, 7) is -0.698. The van der Waals surface area contributed by atoms with Gasteiger partial charge in [-0.1, -0.05) is 30.3 Å². The second kappa shape index (κ2) is 12.8. The molecule has 0 radical (unpaired) electrons. The van der Waals surface area contributed by atoms with Crippen molar-refractivity contribution in [1.82, 2.24) is 20.9 Å². The number of benzene rings is 1. The molecule has 2 rings (SSSR count). The van der Waals surface area contributed by atoms with Gasteiger partial charge in [-0.25, -0.2) is 9.59 Å². The van der Waals surface area contributed by atoms with Gasteiger partial charge in [0.05, 0.1) is 0 Å². The van der Waals surface area contributed by atoms with Crippen LogP contribution in [0.15, 0.2) is 35.3 Å². The standard InChI is InChI=1S/C21H29N7O6/c22-20(23)24-10-4-7-14-18(31)28(21(34)27-14)12-17(30)25-11-15(19(32)33)26-16(29)9-8-13-5-2-1-3-6-13/h1-3,5-6,14-15H,4,7-12H2,(H,25,30)(H,26,29)(H,27,34)(H,32,33)(H4,22,23,24)/t14-,15-/m0/s1. The summed E-state index contributed by atoms with van der Waals surface area (Å²) in [4.78, 5) is 64.8. The molecule has 0 saturated carbocycles. The number of carbonyl (C=O) groups excluding carboxylic acids is 4. The number of hydrogen-bond donors (Lipinski definition) is 6. The number of aliphatic imine (C=N–C) groups is 1. The molecule has 2 atom stereocenters. The Bertz CT molecular complexity index is 933. The molecule has 0 spiro atoms. The number of rotatable bonds is 13. The maximum atomic E-state index is 12.4. The number of hydrogen-bond acceptors (Lipinski definition) is 6. The molecular formula is C21H29N7O6. The molecule has 1 aliphatic heterocycles. The minimum absolute atomic E-state index is 0.0767. The summed E-state index contributed by atoms with van der Waals surface area (Å²) >= 11 is 0. The number of aryl methyl sites for hydroxylation is 1. The quantitative estimate of drug-likeness (QED) is 0.0834. The van der Waals surface area contributed by atoms with Crippen LogP contribution in [0, 0.1) is 0 Å². The van der Waals surface area contributed by atoms with Crippen LogP contribution in [0.25, 0.3) is 0 Å². The molecule has 184 valence electrons. The molecule has 0 aromatic heterocycles. The number of aliphatic carboxylic acids is 1. The van der Waals surface area contributed by atoms with Crippen LogP contribution in [0.4, 0.5) is 4.79 Å². The maximum Gasteiger partial charge on any atom is 0.328 e. The van der Waals surface area contributed by atoms with Crippen molar-refractivity contribution >= 4 is 35.7 Å². The van der Waals surface area contributed by atoms with E-state index in [2.05, 4.69) is 20.9 Å². The van der Waals surface area contributed by atoms with E-state index in [4.69, 9.17) is 11.5 Å². The minimum Gasteiger partial charge on any atom is -0.480 e. The van der Waals surface area contributed by atoms with Crippen LogP contribution >= 0.6 is 0 Å². The second-order valence-electron chi connectivity index (χ2n) is 7.62. The van der Waals surface area contributed by atoms with Crippen LogP contribution in [0.3, 0.4) is 0 Å². The molecule has 1 aromatic carbocycles. The molecule has 13 nitrogen and oxygen atoms in total. The molecule has 0 aliphatic carbocycles. The van der Waals surface area contributed by atoms with Gasteiger partial charge >= 0.3 is 12.0 Å². The fraction of sp³-hybridized carbons (Fsp3) is 0.429. The highest BCUT2D eigenvalue weighted by Crippen LogP contribution is 2.11. The highest BCUT2D eigenvalue weighted by molar-refractivity contribution is 6.06. The highest BCUT2D eigenvalue weighted by Gasteiger charge is 2.38. The van der Waals surface area contributed by atoms with Crippen LogP contribution < -0.4 is 27.4 Å². The molecule has 13 heteroatoms. The molecule has 1 aromatic rings. The molecule has 1 aliphatic rings. The Hall–Kier alpha value is -4.16. The van der Waals surface area contributed by atoms with Gasteiger partial charge in [0.1, 0.15) is 18.6 Å². The second-order valence-corrected chi connectivity index (χ2v) is 7.62. The summed E-state index contributed by atoms with van der Waals surface area (Å²) in [6, 6.07) is 6.34. The van der Waals surface area contributed by atoms with E-state index in [0.29, 0.717) is 12.8 Å². The Morgan fingerprint density at radius 3 is 2.50 bits per heavy atom. The van der Waals surface area contributed by atoms with Gasteiger partial charge in [0, 0.05) is 19.5 Å². The summed E-state index contributed by atoms with van der Waals surface area (Å²) in [5.74, 6) is -3.21. The zero-order chi connectivity index (χ0) is 25.1. The van der Waals surface area contributed by atoms with Crippen LogP contribution in [-0.4, -0.2) is 77.4 Å². The van der Waals surface area contributed by atoms with Gasteiger partial charge < -0.3 is 32.5 Å². The van der Waals surface area contributed by atoms with Crippen molar-refractivity contribution in [2.24, 2.45) is 16.5 Å². The summed E-state index contributed by atoms with van der Waals surface area (Å²) < 4.78 is 0. The van der Waals surface area contributed by atoms with E-state index >= 15 is 0 Å². The zero-order valence-corrected chi connectivity index (χ0v) is 18.5. The van der Waals surface area contributed by atoms with E-state index in [0.717, 1.165) is 10.5 Å². The minimum atomic E-state index is -1.36. The number of nitrogens with two attached hydrogens (primary N) is 2. The first-order valence-corrected chi connectivity index (χ1v) is 10.7. The van der Waals surface area contributed by atoms with Gasteiger partial charge in [0.2, 0.25) is 11.8 Å². The van der Waals surface area contributed by atoms with Crippen molar-refractivity contribution in [2.45, 2.75) is 37.8 Å². The van der Waals surface area contributed by atoms with Gasteiger partial charge in [-0.05, 0) is 24.8 Å². The number of amides is 5. The smallest absolute Gasteiger partial charge is 0.328 e. The van der Waals surface area contributed by atoms with Gasteiger partial charge in [-0.2, -0.15) is 0 Å².